The van der Waals surface area contributed by atoms with Gasteiger partial charge in [0.2, 0.25) is 0 Å². The highest BCUT2D eigenvalue weighted by Crippen LogP contribution is 1.86. The van der Waals surface area contributed by atoms with Gasteiger partial charge in [0.25, 0.3) is 0 Å². The molecule has 2 nitrogen and oxygen atoms in total. The Kier molecular flexibility index (Phi) is 3.24. The molecule has 0 bridgehead atoms. The van der Waals surface area contributed by atoms with Gasteiger partial charge in [-0.05, 0) is 26.1 Å². The molecule has 0 heterocycles. The Labute approximate surface area is 53.6 Å². The average molecular weight is 129 g/mol. The summed E-state index contributed by atoms with van der Waals surface area (Å²) < 4.78 is 0. The first kappa shape index (κ1) is 7.47. The van der Waals surface area contributed by atoms with Crippen LogP contribution in [0.3, 0.4) is 0 Å². The topological polar surface area (TPSA) is 29.4 Å². The third-order valence-electron chi connectivity index (χ3n) is 0.835. The van der Waals surface area contributed by atoms with Crippen LogP contribution in [0.4, 0.5) is 0 Å². The van der Waals surface area contributed by atoms with E-state index in [9.17, 15) is 4.79 Å². The van der Waals surface area contributed by atoms with Gasteiger partial charge in [0.1, 0.15) is 6.04 Å². The molecule has 0 N–H and O–H groups in total. The Morgan fingerprint density at radius 1 is 1.88 bits per heavy atom. The molecule has 1 atom stereocenters. The Morgan fingerprint density at radius 3 is 2.50 bits per heavy atom. The third kappa shape index (κ3) is 2.61. The number of isothiocyanates is 1. The van der Waals surface area contributed by atoms with Crippen LogP contribution in [0.2, 0.25) is 0 Å². The monoisotopic (exact) mass is 129 g/mol. The SMILES string of the molecule is CC(=O)C(C)N=C=S. The maximum atomic E-state index is 10.4. The molecule has 44 valence electrons. The molecule has 8 heavy (non-hydrogen) atoms. The van der Waals surface area contributed by atoms with Crippen LogP contribution < -0.4 is 0 Å². The van der Waals surface area contributed by atoms with Crippen molar-refractivity contribution in [3.63, 3.8) is 0 Å². The number of hydrogen-bond acceptors (Lipinski definition) is 3. The lowest BCUT2D eigenvalue weighted by Gasteiger charge is -1.92. The summed E-state index contributed by atoms with van der Waals surface area (Å²) in [4.78, 5) is 13.9. The number of aliphatic imine (C=N–C) groups is 1. The van der Waals surface area contributed by atoms with Crippen molar-refractivity contribution in [3.05, 3.63) is 0 Å². The van der Waals surface area contributed by atoms with Crippen molar-refractivity contribution in [2.24, 2.45) is 4.99 Å². The molecule has 0 fully saturated rings. The molecular weight excluding hydrogens is 122 g/mol. The van der Waals surface area contributed by atoms with Gasteiger partial charge in [-0.15, -0.1) is 0 Å². The summed E-state index contributed by atoms with van der Waals surface area (Å²) in [5, 5.41) is 2.14. The minimum atomic E-state index is -0.312. The van der Waals surface area contributed by atoms with E-state index < -0.39 is 0 Å². The van der Waals surface area contributed by atoms with Gasteiger partial charge in [-0.2, -0.15) is 0 Å². The van der Waals surface area contributed by atoms with E-state index in [2.05, 4.69) is 22.4 Å². The van der Waals surface area contributed by atoms with Crippen molar-refractivity contribution in [1.82, 2.24) is 0 Å². The summed E-state index contributed by atoms with van der Waals surface area (Å²) in [6.45, 7) is 3.16. The average Bonchev–Trinajstić information content (AvgIpc) is 1.67. The summed E-state index contributed by atoms with van der Waals surface area (Å²) >= 11 is 4.28. The zero-order valence-electron chi connectivity index (χ0n) is 4.84. The molecule has 0 aliphatic carbocycles. The number of Topliss-reactive ketones (excluding diaryl/α,β-unsaturated/α-hetero) is 1. The molecule has 3 heteroatoms. The van der Waals surface area contributed by atoms with Crippen molar-refractivity contribution in [1.29, 1.82) is 0 Å². The number of rotatable bonds is 2. The number of ketones is 1. The van der Waals surface area contributed by atoms with Crippen LogP contribution in [-0.4, -0.2) is 17.0 Å². The van der Waals surface area contributed by atoms with Crippen LogP contribution in [-0.2, 0) is 4.79 Å². The largest absolute Gasteiger partial charge is 0.298 e. The van der Waals surface area contributed by atoms with E-state index in [0.717, 1.165) is 0 Å². The predicted octanol–water partition coefficient (Wildman–Crippen LogP) is 1.07. The fourth-order valence-electron chi connectivity index (χ4n) is 0.170. The lowest BCUT2D eigenvalue weighted by atomic mass is 10.3. The van der Waals surface area contributed by atoms with E-state index in [1.54, 1.807) is 6.92 Å². The standard InChI is InChI=1S/C5H7NOS/c1-4(5(2)7)6-3-8/h4H,1-2H3. The number of carbonyl (C=O) groups is 1. The maximum absolute atomic E-state index is 10.4. The summed E-state index contributed by atoms with van der Waals surface area (Å²) in [7, 11) is 0. The van der Waals surface area contributed by atoms with Crippen molar-refractivity contribution >= 4 is 23.2 Å². The van der Waals surface area contributed by atoms with Gasteiger partial charge in [-0.3, -0.25) is 4.79 Å². The summed E-state index contributed by atoms with van der Waals surface area (Å²) in [5.74, 6) is 0.0161. The van der Waals surface area contributed by atoms with E-state index in [0.29, 0.717) is 0 Å². The zero-order valence-corrected chi connectivity index (χ0v) is 5.66. The second-order valence-corrected chi connectivity index (χ2v) is 1.69. The van der Waals surface area contributed by atoms with E-state index in [-0.39, 0.29) is 11.8 Å². The second-order valence-electron chi connectivity index (χ2n) is 1.51. The quantitative estimate of drug-likeness (QED) is 0.412. The number of hydrogen-bond donors (Lipinski definition) is 0. The molecule has 1 unspecified atom stereocenters. The van der Waals surface area contributed by atoms with Gasteiger partial charge in [0.05, 0.1) is 5.16 Å². The van der Waals surface area contributed by atoms with Crippen LogP contribution in [0.25, 0.3) is 0 Å². The van der Waals surface area contributed by atoms with E-state index in [1.165, 1.54) is 6.92 Å². The third-order valence-corrected chi connectivity index (χ3v) is 0.940. The minimum absolute atomic E-state index is 0.0161. The van der Waals surface area contributed by atoms with Crippen LogP contribution in [0.1, 0.15) is 13.8 Å². The second kappa shape index (κ2) is 3.47. The van der Waals surface area contributed by atoms with Crippen LogP contribution in [0.5, 0.6) is 0 Å². The summed E-state index contributed by atoms with van der Waals surface area (Å²) in [6.07, 6.45) is 0. The Bertz CT molecular complexity index is 135. The van der Waals surface area contributed by atoms with E-state index in [1.807, 2.05) is 0 Å². The fourth-order valence-corrected chi connectivity index (χ4v) is 0.328. The zero-order chi connectivity index (χ0) is 6.57. The molecule has 0 spiro atoms. The van der Waals surface area contributed by atoms with Crippen LogP contribution >= 0.6 is 12.2 Å². The Morgan fingerprint density at radius 2 is 2.38 bits per heavy atom. The fraction of sp³-hybridized carbons (Fsp3) is 0.600. The summed E-state index contributed by atoms with van der Waals surface area (Å²) in [5.41, 5.74) is 0. The number of nitrogens with zero attached hydrogens (tertiary/aromatic N) is 1. The molecule has 0 aliphatic rings. The normalized spacial score (nSPS) is 11.8. The highest BCUT2D eigenvalue weighted by Gasteiger charge is 2.01. The molecule has 0 saturated carbocycles. The molecule has 0 rings (SSSR count). The Balaban J connectivity index is 3.82. The van der Waals surface area contributed by atoms with Crippen molar-refractivity contribution in [2.45, 2.75) is 19.9 Å². The number of thiocarbonyl (C=S) groups is 1. The molecule has 0 aromatic heterocycles. The van der Waals surface area contributed by atoms with Gasteiger partial charge >= 0.3 is 0 Å². The molecule has 0 aromatic rings. The van der Waals surface area contributed by atoms with Gasteiger partial charge < -0.3 is 0 Å². The lowest BCUT2D eigenvalue weighted by molar-refractivity contribution is -0.117. The first-order chi connectivity index (χ1) is 3.68. The molecule has 0 amide bonds. The van der Waals surface area contributed by atoms with Gasteiger partial charge in [-0.1, -0.05) is 0 Å². The molecule has 0 aliphatic heterocycles. The van der Waals surface area contributed by atoms with Gasteiger partial charge in [-0.25, -0.2) is 4.99 Å². The Hall–Kier alpha value is -0.530. The van der Waals surface area contributed by atoms with Crippen molar-refractivity contribution < 1.29 is 4.79 Å². The molecular formula is C5H7NOS. The smallest absolute Gasteiger partial charge is 0.154 e. The van der Waals surface area contributed by atoms with E-state index in [4.69, 9.17) is 0 Å². The minimum Gasteiger partial charge on any atom is -0.298 e. The first-order valence-electron chi connectivity index (χ1n) is 2.26. The first-order valence-corrected chi connectivity index (χ1v) is 2.66. The van der Waals surface area contributed by atoms with Crippen molar-refractivity contribution in [3.8, 4) is 0 Å². The van der Waals surface area contributed by atoms with Crippen molar-refractivity contribution in [2.75, 3.05) is 0 Å². The number of carbonyl (C=O) groups excluding carboxylic acids is 1. The summed E-state index contributed by atoms with van der Waals surface area (Å²) in [6, 6.07) is -0.312. The lowest BCUT2D eigenvalue weighted by Crippen LogP contribution is -2.08. The molecule has 0 radical (unpaired) electrons. The van der Waals surface area contributed by atoms with Gasteiger partial charge in [0, 0.05) is 0 Å². The highest BCUT2D eigenvalue weighted by molar-refractivity contribution is 7.78. The highest BCUT2D eigenvalue weighted by atomic mass is 32.1. The van der Waals surface area contributed by atoms with Crippen LogP contribution in [0.15, 0.2) is 4.99 Å². The van der Waals surface area contributed by atoms with Gasteiger partial charge in [0.15, 0.2) is 5.78 Å². The predicted molar refractivity (Wildman–Crippen MR) is 35.2 cm³/mol. The molecule has 0 aromatic carbocycles. The maximum Gasteiger partial charge on any atom is 0.154 e. The van der Waals surface area contributed by atoms with E-state index >= 15 is 0 Å². The molecule has 0 saturated heterocycles. The van der Waals surface area contributed by atoms with Crippen LogP contribution in [0, 0.1) is 0 Å².